The lowest BCUT2D eigenvalue weighted by Crippen LogP contribution is -2.05. The van der Waals surface area contributed by atoms with E-state index < -0.39 is 0 Å². The summed E-state index contributed by atoms with van der Waals surface area (Å²) in [5.41, 5.74) is 0.974. The third-order valence-corrected chi connectivity index (χ3v) is 2.97. The summed E-state index contributed by atoms with van der Waals surface area (Å²) in [4.78, 5) is 8.73. The molecule has 0 amide bonds. The van der Waals surface area contributed by atoms with Crippen molar-refractivity contribution in [1.29, 1.82) is 0 Å². The van der Waals surface area contributed by atoms with Crippen LogP contribution in [0.4, 0.5) is 10.2 Å². The number of hydrogen-bond acceptors (Lipinski definition) is 4. The molecule has 2 aromatic heterocycles. The van der Waals surface area contributed by atoms with Gasteiger partial charge in [0.05, 0.1) is 11.6 Å². The molecule has 0 aliphatic carbocycles. The second-order valence-electron chi connectivity index (χ2n) is 4.39. The molecule has 0 saturated heterocycles. The van der Waals surface area contributed by atoms with Crippen LogP contribution in [0.15, 0.2) is 30.5 Å². The van der Waals surface area contributed by atoms with Crippen molar-refractivity contribution in [2.75, 3.05) is 11.9 Å². The molecule has 3 aromatic rings. The Morgan fingerprint density at radius 2 is 2.05 bits per heavy atom. The fraction of sp³-hybridized carbons (Fsp3) is 0.214. The van der Waals surface area contributed by atoms with Crippen LogP contribution in [0, 0.1) is 12.7 Å². The molecule has 0 aliphatic heterocycles. The van der Waals surface area contributed by atoms with Crippen LogP contribution < -0.4 is 5.32 Å². The van der Waals surface area contributed by atoms with Crippen LogP contribution in [0.25, 0.3) is 16.7 Å². The summed E-state index contributed by atoms with van der Waals surface area (Å²) in [6, 6.07) is 6.49. The van der Waals surface area contributed by atoms with E-state index in [9.17, 15) is 4.39 Å². The van der Waals surface area contributed by atoms with Crippen molar-refractivity contribution < 1.29 is 4.39 Å². The Hall–Kier alpha value is -2.50. The molecule has 0 spiro atoms. The van der Waals surface area contributed by atoms with E-state index in [1.54, 1.807) is 31.3 Å². The molecule has 0 aliphatic rings. The van der Waals surface area contributed by atoms with E-state index in [0.717, 1.165) is 17.7 Å². The maximum atomic E-state index is 13.9. The monoisotopic (exact) mass is 271 g/mol. The first kappa shape index (κ1) is 12.5. The number of fused-ring (bicyclic) bond motifs is 1. The third-order valence-electron chi connectivity index (χ3n) is 2.97. The lowest BCUT2D eigenvalue weighted by Gasteiger charge is -2.07. The molecule has 102 valence electrons. The summed E-state index contributed by atoms with van der Waals surface area (Å²) in [6.07, 6.45) is 1.65. The van der Waals surface area contributed by atoms with Crippen LogP contribution in [-0.4, -0.2) is 26.3 Å². The Morgan fingerprint density at radius 3 is 2.80 bits per heavy atom. The molecule has 20 heavy (non-hydrogen) atoms. The number of anilines is 1. The Kier molecular flexibility index (Phi) is 3.06. The van der Waals surface area contributed by atoms with Crippen LogP contribution in [0.1, 0.15) is 12.7 Å². The summed E-state index contributed by atoms with van der Waals surface area (Å²) >= 11 is 0. The average molecular weight is 271 g/mol. The summed E-state index contributed by atoms with van der Waals surface area (Å²) < 4.78 is 15.4. The highest BCUT2D eigenvalue weighted by atomic mass is 19.1. The smallest absolute Gasteiger partial charge is 0.168 e. The highest BCUT2D eigenvalue weighted by molar-refractivity contribution is 5.87. The SMILES string of the molecule is CCNc1nc(C)nc2c1cnn2-c1ccccc1F. The van der Waals surface area contributed by atoms with Gasteiger partial charge in [0.2, 0.25) is 0 Å². The number of para-hydroxylation sites is 1. The molecule has 0 radical (unpaired) electrons. The zero-order valence-corrected chi connectivity index (χ0v) is 11.3. The topological polar surface area (TPSA) is 55.6 Å². The number of nitrogens with zero attached hydrogens (tertiary/aromatic N) is 4. The van der Waals surface area contributed by atoms with E-state index in [1.165, 1.54) is 10.7 Å². The van der Waals surface area contributed by atoms with Gasteiger partial charge in [0.25, 0.3) is 0 Å². The third kappa shape index (κ3) is 1.99. The van der Waals surface area contributed by atoms with Gasteiger partial charge in [-0.05, 0) is 26.0 Å². The van der Waals surface area contributed by atoms with Crippen LogP contribution in [0.3, 0.4) is 0 Å². The quantitative estimate of drug-likeness (QED) is 0.795. The molecule has 0 fully saturated rings. The molecule has 0 bridgehead atoms. The maximum Gasteiger partial charge on any atom is 0.168 e. The second kappa shape index (κ2) is 4.88. The van der Waals surface area contributed by atoms with Crippen molar-refractivity contribution in [2.45, 2.75) is 13.8 Å². The average Bonchev–Trinajstić information content (AvgIpc) is 2.83. The van der Waals surface area contributed by atoms with Crippen LogP contribution in [-0.2, 0) is 0 Å². The summed E-state index contributed by atoms with van der Waals surface area (Å²) in [5, 5.41) is 8.20. The molecule has 0 unspecified atom stereocenters. The van der Waals surface area contributed by atoms with Gasteiger partial charge in [-0.15, -0.1) is 0 Å². The Bertz CT molecular complexity index is 765. The Labute approximate surface area is 115 Å². The number of aryl methyl sites for hydroxylation is 1. The first-order valence-corrected chi connectivity index (χ1v) is 6.42. The number of hydrogen-bond donors (Lipinski definition) is 1. The van der Waals surface area contributed by atoms with Gasteiger partial charge in [0, 0.05) is 6.54 Å². The van der Waals surface area contributed by atoms with Gasteiger partial charge in [-0.2, -0.15) is 5.10 Å². The molecule has 5 nitrogen and oxygen atoms in total. The lowest BCUT2D eigenvalue weighted by molar-refractivity contribution is 0.612. The van der Waals surface area contributed by atoms with Gasteiger partial charge in [-0.25, -0.2) is 19.0 Å². The van der Waals surface area contributed by atoms with E-state index in [2.05, 4.69) is 20.4 Å². The summed E-state index contributed by atoms with van der Waals surface area (Å²) in [7, 11) is 0. The first-order valence-electron chi connectivity index (χ1n) is 6.42. The van der Waals surface area contributed by atoms with E-state index in [-0.39, 0.29) is 5.82 Å². The van der Waals surface area contributed by atoms with Crippen LogP contribution >= 0.6 is 0 Å². The standard InChI is InChI=1S/C14H14FN5/c1-3-16-13-10-8-17-20(14(10)19-9(2)18-13)12-7-5-4-6-11(12)15/h4-8H,3H2,1-2H3,(H,16,18,19). The van der Waals surface area contributed by atoms with Crippen LogP contribution in [0.2, 0.25) is 0 Å². The maximum absolute atomic E-state index is 13.9. The minimum Gasteiger partial charge on any atom is -0.370 e. The van der Waals surface area contributed by atoms with Gasteiger partial charge >= 0.3 is 0 Å². The van der Waals surface area contributed by atoms with Crippen molar-refractivity contribution in [1.82, 2.24) is 19.7 Å². The van der Waals surface area contributed by atoms with Crippen molar-refractivity contribution in [2.24, 2.45) is 0 Å². The molecule has 6 heteroatoms. The van der Waals surface area contributed by atoms with Gasteiger partial charge in [0.15, 0.2) is 5.65 Å². The predicted molar refractivity (Wildman–Crippen MR) is 75.5 cm³/mol. The lowest BCUT2D eigenvalue weighted by atomic mass is 10.3. The zero-order valence-electron chi connectivity index (χ0n) is 11.3. The minimum atomic E-state index is -0.334. The van der Waals surface area contributed by atoms with E-state index in [4.69, 9.17) is 0 Å². The summed E-state index contributed by atoms with van der Waals surface area (Å²) in [6.45, 7) is 4.54. The number of rotatable bonds is 3. The fourth-order valence-corrected chi connectivity index (χ4v) is 2.12. The van der Waals surface area contributed by atoms with Gasteiger partial charge < -0.3 is 5.32 Å². The number of nitrogens with one attached hydrogen (secondary N) is 1. The fourth-order valence-electron chi connectivity index (χ4n) is 2.12. The predicted octanol–water partition coefficient (Wildman–Crippen LogP) is 2.69. The summed E-state index contributed by atoms with van der Waals surface area (Å²) in [5.74, 6) is 1.00. The van der Waals surface area contributed by atoms with Crippen LogP contribution in [0.5, 0.6) is 0 Å². The first-order chi connectivity index (χ1) is 9.70. The second-order valence-corrected chi connectivity index (χ2v) is 4.39. The van der Waals surface area contributed by atoms with Crippen molar-refractivity contribution in [3.05, 3.63) is 42.1 Å². The molecule has 0 atom stereocenters. The molecule has 0 saturated carbocycles. The van der Waals surface area contributed by atoms with Gasteiger partial charge in [0.1, 0.15) is 23.1 Å². The van der Waals surface area contributed by atoms with Crippen molar-refractivity contribution in [3.8, 4) is 5.69 Å². The molecular weight excluding hydrogens is 257 g/mol. The highest BCUT2D eigenvalue weighted by Gasteiger charge is 2.14. The molecule has 3 rings (SSSR count). The molecule has 1 aromatic carbocycles. The highest BCUT2D eigenvalue weighted by Crippen LogP contribution is 2.23. The minimum absolute atomic E-state index is 0.334. The van der Waals surface area contributed by atoms with Crippen molar-refractivity contribution in [3.63, 3.8) is 0 Å². The van der Waals surface area contributed by atoms with E-state index >= 15 is 0 Å². The Balaban J connectivity index is 2.26. The number of halogens is 1. The van der Waals surface area contributed by atoms with Crippen molar-refractivity contribution >= 4 is 16.9 Å². The molecular formula is C14H14FN5. The molecule has 2 heterocycles. The zero-order chi connectivity index (χ0) is 14.1. The van der Waals surface area contributed by atoms with E-state index in [0.29, 0.717) is 17.2 Å². The normalized spacial score (nSPS) is 10.9. The Morgan fingerprint density at radius 1 is 1.25 bits per heavy atom. The molecule has 1 N–H and O–H groups in total. The van der Waals surface area contributed by atoms with Gasteiger partial charge in [-0.1, -0.05) is 12.1 Å². The number of benzene rings is 1. The van der Waals surface area contributed by atoms with Gasteiger partial charge in [-0.3, -0.25) is 0 Å². The largest absolute Gasteiger partial charge is 0.370 e. The van der Waals surface area contributed by atoms with E-state index in [1.807, 2.05) is 6.92 Å². The number of aromatic nitrogens is 4.